The van der Waals surface area contributed by atoms with Gasteiger partial charge in [-0.2, -0.15) is 0 Å². The molecule has 2 aromatic rings. The SMILES string of the molecule is Cc1cc(C)c(NCc2cccc(N)c2)cc1C. The van der Waals surface area contributed by atoms with Crippen LogP contribution in [0.4, 0.5) is 11.4 Å². The van der Waals surface area contributed by atoms with E-state index in [9.17, 15) is 0 Å². The molecule has 2 rings (SSSR count). The molecule has 0 amide bonds. The van der Waals surface area contributed by atoms with Gasteiger partial charge in [0.2, 0.25) is 0 Å². The van der Waals surface area contributed by atoms with Crippen molar-refractivity contribution in [2.45, 2.75) is 27.3 Å². The first kappa shape index (κ1) is 12.5. The summed E-state index contributed by atoms with van der Waals surface area (Å²) in [5, 5.41) is 3.47. The maximum absolute atomic E-state index is 5.77. The van der Waals surface area contributed by atoms with Gasteiger partial charge in [-0.1, -0.05) is 18.2 Å². The largest absolute Gasteiger partial charge is 0.399 e. The Hall–Kier alpha value is -1.96. The van der Waals surface area contributed by atoms with Gasteiger partial charge in [-0.3, -0.25) is 0 Å². The summed E-state index contributed by atoms with van der Waals surface area (Å²) in [6.45, 7) is 7.22. The molecular formula is C16H20N2. The van der Waals surface area contributed by atoms with Crippen molar-refractivity contribution in [3.8, 4) is 0 Å². The van der Waals surface area contributed by atoms with Crippen LogP contribution in [0.5, 0.6) is 0 Å². The predicted molar refractivity (Wildman–Crippen MR) is 78.8 cm³/mol. The molecule has 0 saturated carbocycles. The van der Waals surface area contributed by atoms with Crippen LogP contribution < -0.4 is 11.1 Å². The van der Waals surface area contributed by atoms with Crippen LogP contribution in [-0.4, -0.2) is 0 Å². The summed E-state index contributed by atoms with van der Waals surface area (Å²) in [5.41, 5.74) is 12.9. The lowest BCUT2D eigenvalue weighted by atomic mass is 10.0. The summed E-state index contributed by atoms with van der Waals surface area (Å²) in [6.07, 6.45) is 0. The molecule has 0 unspecified atom stereocenters. The maximum atomic E-state index is 5.77. The predicted octanol–water partition coefficient (Wildman–Crippen LogP) is 3.81. The van der Waals surface area contributed by atoms with Crippen molar-refractivity contribution in [3.05, 3.63) is 58.7 Å². The molecule has 0 atom stereocenters. The number of nitrogens with one attached hydrogen (secondary N) is 1. The van der Waals surface area contributed by atoms with Crippen molar-refractivity contribution in [2.75, 3.05) is 11.1 Å². The average molecular weight is 240 g/mol. The normalized spacial score (nSPS) is 10.4. The highest BCUT2D eigenvalue weighted by Crippen LogP contribution is 2.21. The Bertz CT molecular complexity index is 559. The molecule has 0 radical (unpaired) electrons. The van der Waals surface area contributed by atoms with E-state index in [1.165, 1.54) is 27.9 Å². The van der Waals surface area contributed by atoms with Crippen LogP contribution in [0.2, 0.25) is 0 Å². The Morgan fingerprint density at radius 1 is 0.944 bits per heavy atom. The summed E-state index contributed by atoms with van der Waals surface area (Å²) in [6, 6.07) is 12.4. The van der Waals surface area contributed by atoms with E-state index in [0.29, 0.717) is 0 Å². The van der Waals surface area contributed by atoms with Crippen LogP contribution in [0.15, 0.2) is 36.4 Å². The van der Waals surface area contributed by atoms with Gasteiger partial charge in [-0.25, -0.2) is 0 Å². The van der Waals surface area contributed by atoms with Crippen LogP contribution in [0.3, 0.4) is 0 Å². The molecular weight excluding hydrogens is 220 g/mol. The lowest BCUT2D eigenvalue weighted by molar-refractivity contribution is 1.13. The number of benzene rings is 2. The van der Waals surface area contributed by atoms with Gasteiger partial charge in [-0.05, 0) is 61.2 Å². The average Bonchev–Trinajstić information content (AvgIpc) is 2.32. The van der Waals surface area contributed by atoms with Gasteiger partial charge in [0.05, 0.1) is 0 Å². The molecule has 0 aliphatic carbocycles. The van der Waals surface area contributed by atoms with Gasteiger partial charge in [-0.15, -0.1) is 0 Å². The Morgan fingerprint density at radius 2 is 1.67 bits per heavy atom. The number of hydrogen-bond acceptors (Lipinski definition) is 2. The van der Waals surface area contributed by atoms with Crippen LogP contribution in [0.1, 0.15) is 22.3 Å². The van der Waals surface area contributed by atoms with Crippen molar-refractivity contribution < 1.29 is 0 Å². The summed E-state index contributed by atoms with van der Waals surface area (Å²) in [4.78, 5) is 0. The van der Waals surface area contributed by atoms with Crippen molar-refractivity contribution in [2.24, 2.45) is 0 Å². The molecule has 94 valence electrons. The third-order valence-corrected chi connectivity index (χ3v) is 3.27. The van der Waals surface area contributed by atoms with E-state index in [4.69, 9.17) is 5.73 Å². The molecule has 0 heterocycles. The van der Waals surface area contributed by atoms with Gasteiger partial charge >= 0.3 is 0 Å². The fourth-order valence-corrected chi connectivity index (χ4v) is 2.05. The molecule has 0 aliphatic heterocycles. The molecule has 3 N–H and O–H groups in total. The summed E-state index contributed by atoms with van der Waals surface area (Å²) in [7, 11) is 0. The second-order valence-corrected chi connectivity index (χ2v) is 4.85. The minimum absolute atomic E-state index is 0.800. The third-order valence-electron chi connectivity index (χ3n) is 3.27. The number of aryl methyl sites for hydroxylation is 3. The first-order valence-corrected chi connectivity index (χ1v) is 6.22. The Labute approximate surface area is 109 Å². The topological polar surface area (TPSA) is 38.0 Å². The summed E-state index contributed by atoms with van der Waals surface area (Å²) < 4.78 is 0. The second-order valence-electron chi connectivity index (χ2n) is 4.85. The molecule has 0 aromatic heterocycles. The highest BCUT2D eigenvalue weighted by atomic mass is 14.9. The zero-order valence-corrected chi connectivity index (χ0v) is 11.2. The third kappa shape index (κ3) is 2.83. The van der Waals surface area contributed by atoms with Crippen molar-refractivity contribution >= 4 is 11.4 Å². The zero-order chi connectivity index (χ0) is 13.1. The smallest absolute Gasteiger partial charge is 0.0401 e. The van der Waals surface area contributed by atoms with E-state index in [1.807, 2.05) is 18.2 Å². The standard InChI is InChI=1S/C16H20N2/c1-11-7-13(3)16(8-12(11)2)18-10-14-5-4-6-15(17)9-14/h4-9,18H,10,17H2,1-3H3. The molecule has 0 fully saturated rings. The molecule has 2 heteroatoms. The van der Waals surface area contributed by atoms with Gasteiger partial charge in [0.1, 0.15) is 0 Å². The molecule has 2 aromatic carbocycles. The summed E-state index contributed by atoms with van der Waals surface area (Å²) in [5.74, 6) is 0. The minimum atomic E-state index is 0.800. The molecule has 0 bridgehead atoms. The highest BCUT2D eigenvalue weighted by Gasteiger charge is 2.01. The number of nitrogens with two attached hydrogens (primary N) is 1. The van der Waals surface area contributed by atoms with E-state index >= 15 is 0 Å². The number of hydrogen-bond donors (Lipinski definition) is 2. The van der Waals surface area contributed by atoms with Crippen LogP contribution in [-0.2, 0) is 6.54 Å². The van der Waals surface area contributed by atoms with E-state index in [1.54, 1.807) is 0 Å². The Kier molecular flexibility index (Phi) is 3.56. The summed E-state index contributed by atoms with van der Waals surface area (Å²) >= 11 is 0. The maximum Gasteiger partial charge on any atom is 0.0401 e. The number of anilines is 2. The van der Waals surface area contributed by atoms with E-state index in [2.05, 4.69) is 44.3 Å². The quantitative estimate of drug-likeness (QED) is 0.801. The van der Waals surface area contributed by atoms with Gasteiger partial charge < -0.3 is 11.1 Å². The first-order valence-electron chi connectivity index (χ1n) is 6.22. The van der Waals surface area contributed by atoms with Gasteiger partial charge in [0.15, 0.2) is 0 Å². The minimum Gasteiger partial charge on any atom is -0.399 e. The van der Waals surface area contributed by atoms with E-state index in [-0.39, 0.29) is 0 Å². The van der Waals surface area contributed by atoms with E-state index in [0.717, 1.165) is 12.2 Å². The van der Waals surface area contributed by atoms with E-state index < -0.39 is 0 Å². The van der Waals surface area contributed by atoms with Gasteiger partial charge in [0.25, 0.3) is 0 Å². The highest BCUT2D eigenvalue weighted by molar-refractivity contribution is 5.55. The Morgan fingerprint density at radius 3 is 2.39 bits per heavy atom. The number of rotatable bonds is 3. The zero-order valence-electron chi connectivity index (χ0n) is 11.2. The fraction of sp³-hybridized carbons (Fsp3) is 0.250. The Balaban J connectivity index is 2.13. The van der Waals surface area contributed by atoms with Crippen molar-refractivity contribution in [1.29, 1.82) is 0 Å². The van der Waals surface area contributed by atoms with Crippen LogP contribution >= 0.6 is 0 Å². The fourth-order valence-electron chi connectivity index (χ4n) is 2.05. The molecule has 18 heavy (non-hydrogen) atoms. The monoisotopic (exact) mass is 240 g/mol. The molecule has 0 spiro atoms. The molecule has 0 aliphatic rings. The number of nitrogen functional groups attached to an aromatic ring is 1. The lowest BCUT2D eigenvalue weighted by Gasteiger charge is -2.12. The molecule has 0 saturated heterocycles. The van der Waals surface area contributed by atoms with Crippen LogP contribution in [0, 0.1) is 20.8 Å². The van der Waals surface area contributed by atoms with Crippen LogP contribution in [0.25, 0.3) is 0 Å². The van der Waals surface area contributed by atoms with Gasteiger partial charge in [0, 0.05) is 17.9 Å². The van der Waals surface area contributed by atoms with Crippen molar-refractivity contribution in [3.63, 3.8) is 0 Å². The first-order chi connectivity index (χ1) is 8.56. The molecule has 2 nitrogen and oxygen atoms in total. The second kappa shape index (κ2) is 5.13. The van der Waals surface area contributed by atoms with Crippen molar-refractivity contribution in [1.82, 2.24) is 0 Å². The lowest BCUT2D eigenvalue weighted by Crippen LogP contribution is -2.02.